The number of halogens is 1. The summed E-state index contributed by atoms with van der Waals surface area (Å²) in [7, 11) is 0. The number of carbonyl (C=O) groups excluding carboxylic acids is 2. The quantitative estimate of drug-likeness (QED) is 0.903. The van der Waals surface area contributed by atoms with Crippen molar-refractivity contribution < 1.29 is 23.5 Å². The monoisotopic (exact) mass is 352 g/mol. The highest BCUT2D eigenvalue weighted by Gasteiger charge is 2.42. The lowest BCUT2D eigenvalue weighted by Gasteiger charge is -2.25. The van der Waals surface area contributed by atoms with Crippen molar-refractivity contribution in [3.63, 3.8) is 0 Å². The zero-order valence-corrected chi connectivity index (χ0v) is 14.9. The predicted octanol–water partition coefficient (Wildman–Crippen LogP) is 3.26. The van der Waals surface area contributed by atoms with Crippen LogP contribution >= 0.6 is 0 Å². The lowest BCUT2D eigenvalue weighted by atomic mass is 10.1. The number of benzene rings is 1. The Morgan fingerprint density at radius 2 is 1.96 bits per heavy atom. The number of hydrogen-bond donors (Lipinski definition) is 1. The molecule has 1 aliphatic heterocycles. The zero-order chi connectivity index (χ0) is 18.5. The Morgan fingerprint density at radius 3 is 2.60 bits per heavy atom. The molecule has 6 nitrogen and oxygen atoms in total. The molecule has 0 aromatic heterocycles. The van der Waals surface area contributed by atoms with Crippen molar-refractivity contribution in [1.82, 2.24) is 10.2 Å². The van der Waals surface area contributed by atoms with Gasteiger partial charge >= 0.3 is 12.2 Å². The molecule has 1 aromatic rings. The Balaban J connectivity index is 1.75. The van der Waals surface area contributed by atoms with E-state index in [0.717, 1.165) is 5.56 Å². The smallest absolute Gasteiger partial charge is 0.410 e. The third-order valence-electron chi connectivity index (χ3n) is 3.72. The number of amides is 2. The predicted molar refractivity (Wildman–Crippen MR) is 90.9 cm³/mol. The van der Waals surface area contributed by atoms with Gasteiger partial charge in [-0.15, -0.1) is 0 Å². The van der Waals surface area contributed by atoms with Gasteiger partial charge in [0.2, 0.25) is 0 Å². The molecule has 1 aliphatic rings. The Hall–Kier alpha value is -2.31. The minimum Gasteiger partial charge on any atom is -0.445 e. The molecule has 1 heterocycles. The maximum atomic E-state index is 14.8. The summed E-state index contributed by atoms with van der Waals surface area (Å²) < 4.78 is 25.0. The molecule has 1 fully saturated rings. The number of carbonyl (C=O) groups is 2. The van der Waals surface area contributed by atoms with Crippen LogP contribution in [0.15, 0.2) is 30.3 Å². The van der Waals surface area contributed by atoms with Gasteiger partial charge in [-0.3, -0.25) is 0 Å². The van der Waals surface area contributed by atoms with Crippen LogP contribution in [0, 0.1) is 0 Å². The van der Waals surface area contributed by atoms with Gasteiger partial charge in [0, 0.05) is 13.0 Å². The van der Waals surface area contributed by atoms with E-state index in [0.29, 0.717) is 0 Å². The Morgan fingerprint density at radius 1 is 1.28 bits per heavy atom. The van der Waals surface area contributed by atoms with E-state index in [9.17, 15) is 14.0 Å². The fraction of sp³-hybridized carbons (Fsp3) is 0.556. The van der Waals surface area contributed by atoms with Crippen molar-refractivity contribution in [1.29, 1.82) is 0 Å². The van der Waals surface area contributed by atoms with E-state index in [1.54, 1.807) is 20.8 Å². The summed E-state index contributed by atoms with van der Waals surface area (Å²) >= 11 is 0. The lowest BCUT2D eigenvalue weighted by molar-refractivity contribution is 0.0258. The van der Waals surface area contributed by atoms with Gasteiger partial charge in [-0.1, -0.05) is 30.3 Å². The molecule has 0 bridgehead atoms. The maximum absolute atomic E-state index is 14.8. The highest BCUT2D eigenvalue weighted by atomic mass is 19.1. The number of alkyl carbamates (subject to hydrolysis) is 1. The summed E-state index contributed by atoms with van der Waals surface area (Å²) in [6.45, 7) is 5.33. The molecule has 138 valence electrons. The summed E-state index contributed by atoms with van der Waals surface area (Å²) in [4.78, 5) is 25.0. The second-order valence-electron chi connectivity index (χ2n) is 7.22. The van der Waals surface area contributed by atoms with E-state index >= 15 is 0 Å². The molecular formula is C18H25FN2O4. The second kappa shape index (κ2) is 7.72. The van der Waals surface area contributed by atoms with Gasteiger partial charge in [-0.2, -0.15) is 0 Å². The molecular weight excluding hydrogens is 327 g/mol. The summed E-state index contributed by atoms with van der Waals surface area (Å²) in [6, 6.07) is 9.22. The first-order chi connectivity index (χ1) is 11.7. The van der Waals surface area contributed by atoms with E-state index in [1.165, 1.54) is 4.90 Å². The van der Waals surface area contributed by atoms with E-state index < -0.39 is 23.5 Å². The topological polar surface area (TPSA) is 67.9 Å². The summed E-state index contributed by atoms with van der Waals surface area (Å²) in [5.74, 6) is 0. The normalized spacial score (nSPS) is 20.2. The van der Waals surface area contributed by atoms with Crippen molar-refractivity contribution in [2.24, 2.45) is 0 Å². The van der Waals surface area contributed by atoms with Crippen molar-refractivity contribution in [2.45, 2.75) is 45.1 Å². The van der Waals surface area contributed by atoms with Crippen LogP contribution in [0.25, 0.3) is 0 Å². The number of hydrogen-bond acceptors (Lipinski definition) is 4. The highest BCUT2D eigenvalue weighted by molar-refractivity contribution is 5.69. The van der Waals surface area contributed by atoms with Gasteiger partial charge in [0.25, 0.3) is 0 Å². The van der Waals surface area contributed by atoms with Crippen LogP contribution in [0.4, 0.5) is 14.0 Å². The van der Waals surface area contributed by atoms with E-state index in [4.69, 9.17) is 9.47 Å². The van der Waals surface area contributed by atoms with Gasteiger partial charge in [-0.25, -0.2) is 14.0 Å². The van der Waals surface area contributed by atoms with Crippen LogP contribution in [0.3, 0.4) is 0 Å². The average Bonchev–Trinajstić information content (AvgIpc) is 2.94. The fourth-order valence-corrected chi connectivity index (χ4v) is 2.47. The van der Waals surface area contributed by atoms with Crippen LogP contribution in [0.5, 0.6) is 0 Å². The first-order valence-electron chi connectivity index (χ1n) is 8.28. The van der Waals surface area contributed by atoms with Crippen LogP contribution in [0.2, 0.25) is 0 Å². The molecule has 0 saturated carbocycles. The number of nitrogens with one attached hydrogen (secondary N) is 1. The maximum Gasteiger partial charge on any atom is 0.410 e. The molecule has 1 N–H and O–H groups in total. The fourth-order valence-electron chi connectivity index (χ4n) is 2.47. The van der Waals surface area contributed by atoms with Gasteiger partial charge < -0.3 is 19.7 Å². The molecule has 0 aliphatic carbocycles. The Bertz CT molecular complexity index is 603. The van der Waals surface area contributed by atoms with Crippen molar-refractivity contribution >= 4 is 12.2 Å². The van der Waals surface area contributed by atoms with Gasteiger partial charge in [0.15, 0.2) is 0 Å². The molecule has 7 heteroatoms. The second-order valence-corrected chi connectivity index (χ2v) is 7.22. The molecule has 0 spiro atoms. The standard InChI is InChI=1S/C18H25FN2O4/c1-17(2,3)25-16(23)21-10-9-18(19,13-21)12-20-15(22)24-11-14-7-5-4-6-8-14/h4-8H,9-13H2,1-3H3,(H,20,22). The molecule has 1 atom stereocenters. The van der Waals surface area contributed by atoms with Crippen LogP contribution < -0.4 is 5.32 Å². The van der Waals surface area contributed by atoms with Crippen LogP contribution in [-0.2, 0) is 16.1 Å². The number of alkyl halides is 1. The summed E-state index contributed by atoms with van der Waals surface area (Å²) in [5, 5.41) is 2.43. The molecule has 25 heavy (non-hydrogen) atoms. The molecule has 1 saturated heterocycles. The number of nitrogens with zero attached hydrogens (tertiary/aromatic N) is 1. The number of likely N-dealkylation sites (tertiary alicyclic amines) is 1. The largest absolute Gasteiger partial charge is 0.445 e. The molecule has 1 aromatic carbocycles. The van der Waals surface area contributed by atoms with Crippen molar-refractivity contribution in [2.75, 3.05) is 19.6 Å². The van der Waals surface area contributed by atoms with Crippen molar-refractivity contribution in [3.05, 3.63) is 35.9 Å². The highest BCUT2D eigenvalue weighted by Crippen LogP contribution is 2.26. The minimum atomic E-state index is -1.68. The third-order valence-corrected chi connectivity index (χ3v) is 3.72. The van der Waals surface area contributed by atoms with Gasteiger partial charge in [-0.05, 0) is 26.3 Å². The zero-order valence-electron chi connectivity index (χ0n) is 14.9. The van der Waals surface area contributed by atoms with Crippen LogP contribution in [0.1, 0.15) is 32.8 Å². The Labute approximate surface area is 147 Å². The van der Waals surface area contributed by atoms with Gasteiger partial charge in [0.05, 0.1) is 13.1 Å². The number of ether oxygens (including phenoxy) is 2. The summed E-state index contributed by atoms with van der Waals surface area (Å²) in [5.41, 5.74) is -1.45. The molecule has 2 amide bonds. The molecule has 1 unspecified atom stereocenters. The van der Waals surface area contributed by atoms with E-state index in [1.807, 2.05) is 30.3 Å². The molecule has 0 radical (unpaired) electrons. The van der Waals surface area contributed by atoms with Crippen LogP contribution in [-0.4, -0.2) is 48.0 Å². The SMILES string of the molecule is CC(C)(C)OC(=O)N1CCC(F)(CNC(=O)OCc2ccccc2)C1. The lowest BCUT2D eigenvalue weighted by Crippen LogP contribution is -2.43. The first-order valence-corrected chi connectivity index (χ1v) is 8.28. The van der Waals surface area contributed by atoms with E-state index in [-0.39, 0.29) is 32.7 Å². The Kier molecular flexibility index (Phi) is 5.87. The number of rotatable bonds is 4. The first kappa shape index (κ1) is 19.0. The van der Waals surface area contributed by atoms with Gasteiger partial charge in [0.1, 0.15) is 17.9 Å². The minimum absolute atomic E-state index is 0.110. The summed E-state index contributed by atoms with van der Waals surface area (Å²) in [6.07, 6.45) is -1.08. The molecule has 2 rings (SSSR count). The third kappa shape index (κ3) is 6.25. The average molecular weight is 352 g/mol. The van der Waals surface area contributed by atoms with E-state index in [2.05, 4.69) is 5.32 Å². The van der Waals surface area contributed by atoms with Crippen molar-refractivity contribution in [3.8, 4) is 0 Å².